The summed E-state index contributed by atoms with van der Waals surface area (Å²) in [5, 5.41) is 0. The molecule has 0 amide bonds. The minimum Gasteiger partial charge on any atom is -0.493 e. The number of aryl methyl sites for hydroxylation is 1. The van der Waals surface area contributed by atoms with Gasteiger partial charge in [-0.2, -0.15) is 0 Å². The Morgan fingerprint density at radius 3 is 1.46 bits per heavy atom. The quantitative estimate of drug-likeness (QED) is 0.349. The van der Waals surface area contributed by atoms with E-state index in [0.717, 1.165) is 5.56 Å². The third kappa shape index (κ3) is 5.29. The van der Waals surface area contributed by atoms with Crippen LogP contribution < -0.4 is 37.9 Å². The second-order valence-corrected chi connectivity index (χ2v) is 8.35. The van der Waals surface area contributed by atoms with Crippen LogP contribution in [0.3, 0.4) is 0 Å². The van der Waals surface area contributed by atoms with Crippen LogP contribution >= 0.6 is 0 Å². The summed E-state index contributed by atoms with van der Waals surface area (Å²) in [4.78, 5) is 13.9. The number of carbonyl (C=O) groups excluding carboxylic acids is 1. The Kier molecular flexibility index (Phi) is 8.19. The largest absolute Gasteiger partial charge is 0.493 e. The summed E-state index contributed by atoms with van der Waals surface area (Å²) in [7, 11) is 9.09. The average molecular weight is 535 g/mol. The second-order valence-electron chi connectivity index (χ2n) is 8.35. The maximum absolute atomic E-state index is 13.9. The highest BCUT2D eigenvalue weighted by Crippen LogP contribution is 2.43. The molecule has 0 spiro atoms. The molecule has 204 valence electrons. The fourth-order valence-corrected chi connectivity index (χ4v) is 4.18. The molecule has 3 aromatic carbocycles. The van der Waals surface area contributed by atoms with E-state index in [0.29, 0.717) is 57.1 Å². The van der Waals surface area contributed by atoms with Crippen LogP contribution in [0.5, 0.6) is 46.0 Å². The van der Waals surface area contributed by atoms with Crippen molar-refractivity contribution in [2.45, 2.75) is 6.92 Å². The maximum atomic E-state index is 13.9. The van der Waals surface area contributed by atoms with Gasteiger partial charge in [0.2, 0.25) is 11.5 Å². The normalized spacial score (nSPS) is 14.6. The zero-order valence-corrected chi connectivity index (χ0v) is 22.9. The molecule has 0 saturated heterocycles. The third-order valence-electron chi connectivity index (χ3n) is 6.03. The van der Waals surface area contributed by atoms with Gasteiger partial charge >= 0.3 is 0 Å². The molecule has 0 unspecified atom stereocenters. The average Bonchev–Trinajstić information content (AvgIpc) is 3.07. The van der Waals surface area contributed by atoms with Crippen molar-refractivity contribution in [2.24, 2.45) is 0 Å². The van der Waals surface area contributed by atoms with Crippen LogP contribution in [0.15, 0.2) is 54.0 Å². The van der Waals surface area contributed by atoms with Gasteiger partial charge in [-0.05, 0) is 61.0 Å². The summed E-state index contributed by atoms with van der Waals surface area (Å²) in [5.74, 6) is 2.76. The number of fused-ring (bicyclic) bond motifs is 1. The van der Waals surface area contributed by atoms with Gasteiger partial charge in [0.25, 0.3) is 5.78 Å². The second kappa shape index (κ2) is 11.7. The summed E-state index contributed by atoms with van der Waals surface area (Å²) >= 11 is 0. The van der Waals surface area contributed by atoms with Gasteiger partial charge in [-0.3, -0.25) is 4.79 Å². The topological polar surface area (TPSA) is 90.9 Å². The number of carbonyl (C=O) groups is 1. The molecular weight excluding hydrogens is 504 g/mol. The number of rotatable bonds is 8. The van der Waals surface area contributed by atoms with Gasteiger partial charge in [0, 0.05) is 11.1 Å². The lowest BCUT2D eigenvalue weighted by molar-refractivity contribution is -0.115. The predicted molar refractivity (Wildman–Crippen MR) is 146 cm³/mol. The Morgan fingerprint density at radius 2 is 1.03 bits per heavy atom. The van der Waals surface area contributed by atoms with Crippen molar-refractivity contribution < 1.29 is 42.7 Å². The smallest absolute Gasteiger partial charge is 0.263 e. The highest BCUT2D eigenvalue weighted by atomic mass is 16.5. The molecule has 39 heavy (non-hydrogen) atoms. The van der Waals surface area contributed by atoms with Gasteiger partial charge in [0.15, 0.2) is 46.0 Å². The molecule has 9 heteroatoms. The number of methoxy groups -OCH3 is 6. The van der Waals surface area contributed by atoms with Crippen molar-refractivity contribution in [3.63, 3.8) is 0 Å². The van der Waals surface area contributed by atoms with Crippen molar-refractivity contribution in [1.82, 2.24) is 0 Å². The highest BCUT2D eigenvalue weighted by Gasteiger charge is 2.28. The first-order valence-electron chi connectivity index (χ1n) is 11.9. The monoisotopic (exact) mass is 534 g/mol. The van der Waals surface area contributed by atoms with Gasteiger partial charge in [0.05, 0.1) is 42.7 Å². The van der Waals surface area contributed by atoms with E-state index in [1.807, 2.05) is 13.0 Å². The predicted octanol–water partition coefficient (Wildman–Crippen LogP) is 5.47. The number of ketones is 1. The van der Waals surface area contributed by atoms with E-state index < -0.39 is 5.78 Å². The summed E-state index contributed by atoms with van der Waals surface area (Å²) in [6, 6.07) is 12.3. The maximum Gasteiger partial charge on any atom is 0.263 e. The number of benzene rings is 3. The highest BCUT2D eigenvalue weighted by molar-refractivity contribution is 6.12. The zero-order chi connectivity index (χ0) is 28.1. The van der Waals surface area contributed by atoms with Crippen molar-refractivity contribution >= 4 is 17.9 Å². The van der Waals surface area contributed by atoms with Gasteiger partial charge in [-0.15, -0.1) is 0 Å². The van der Waals surface area contributed by atoms with Crippen LogP contribution in [-0.2, 0) is 4.79 Å². The van der Waals surface area contributed by atoms with E-state index in [-0.39, 0.29) is 11.5 Å². The number of hydrogen-bond donors (Lipinski definition) is 0. The van der Waals surface area contributed by atoms with Crippen LogP contribution in [0.2, 0.25) is 0 Å². The third-order valence-corrected chi connectivity index (χ3v) is 6.03. The SMILES string of the molecule is COc1ccc(C=C2Oc3ccc(C)cc3OC(=Cc3ccc(OC)c(OC)c3OC)C2=O)c(OC)c1OC. The number of Topliss-reactive ketones (excluding diaryl/α,β-unsaturated/α-hetero) is 1. The molecule has 4 rings (SSSR count). The van der Waals surface area contributed by atoms with E-state index >= 15 is 0 Å². The van der Waals surface area contributed by atoms with Crippen LogP contribution in [0.25, 0.3) is 12.2 Å². The molecule has 0 aromatic heterocycles. The van der Waals surface area contributed by atoms with Crippen LogP contribution in [0.1, 0.15) is 16.7 Å². The minimum atomic E-state index is -0.502. The molecular formula is C30H30O9. The van der Waals surface area contributed by atoms with E-state index in [9.17, 15) is 4.79 Å². The lowest BCUT2D eigenvalue weighted by atomic mass is 10.1. The fraction of sp³-hybridized carbons (Fsp3) is 0.233. The first kappa shape index (κ1) is 27.3. The fourth-order valence-electron chi connectivity index (χ4n) is 4.18. The van der Waals surface area contributed by atoms with E-state index in [2.05, 4.69) is 0 Å². The van der Waals surface area contributed by atoms with Crippen molar-refractivity contribution in [1.29, 1.82) is 0 Å². The van der Waals surface area contributed by atoms with Crippen molar-refractivity contribution in [3.05, 3.63) is 70.7 Å². The molecule has 0 N–H and O–H groups in total. The van der Waals surface area contributed by atoms with Crippen molar-refractivity contribution in [3.8, 4) is 46.0 Å². The molecule has 0 atom stereocenters. The molecule has 0 saturated carbocycles. The van der Waals surface area contributed by atoms with E-state index in [4.69, 9.17) is 37.9 Å². The molecule has 1 heterocycles. The molecule has 0 bridgehead atoms. The summed E-state index contributed by atoms with van der Waals surface area (Å²) in [6.07, 6.45) is 3.14. The molecule has 9 nitrogen and oxygen atoms in total. The Balaban J connectivity index is 1.91. The Labute approximate surface area is 227 Å². The van der Waals surface area contributed by atoms with Crippen LogP contribution in [0, 0.1) is 6.92 Å². The summed E-state index contributed by atoms with van der Waals surface area (Å²) < 4.78 is 45.2. The lowest BCUT2D eigenvalue weighted by Crippen LogP contribution is -2.12. The summed E-state index contributed by atoms with van der Waals surface area (Å²) in [5.41, 5.74) is 2.01. The standard InChI is InChI=1S/C30H30O9/c1-17-8-11-20-23(14-17)39-25(16-19-10-13-22(33-3)30(37-7)28(19)35-5)26(31)24(38-20)15-18-9-12-21(32-2)29(36-6)27(18)34-4/h8-16H,1-7H3. The van der Waals surface area contributed by atoms with Gasteiger partial charge < -0.3 is 37.9 Å². The van der Waals surface area contributed by atoms with Gasteiger partial charge in [-0.25, -0.2) is 0 Å². The summed E-state index contributed by atoms with van der Waals surface area (Å²) in [6.45, 7) is 1.92. The molecule has 0 aliphatic carbocycles. The van der Waals surface area contributed by atoms with Crippen molar-refractivity contribution in [2.75, 3.05) is 42.7 Å². The molecule has 0 radical (unpaired) electrons. The van der Waals surface area contributed by atoms with Crippen LogP contribution in [0.4, 0.5) is 0 Å². The Morgan fingerprint density at radius 1 is 0.564 bits per heavy atom. The van der Waals surface area contributed by atoms with Gasteiger partial charge in [-0.1, -0.05) is 6.07 Å². The Bertz CT molecular complexity index is 1450. The minimum absolute atomic E-state index is 0.00816. The van der Waals surface area contributed by atoms with E-state index in [1.54, 1.807) is 48.6 Å². The number of ether oxygens (including phenoxy) is 8. The lowest BCUT2D eigenvalue weighted by Gasteiger charge is -2.15. The molecule has 1 aliphatic rings. The van der Waals surface area contributed by atoms with Crippen LogP contribution in [-0.4, -0.2) is 48.4 Å². The Hall–Kier alpha value is -4.79. The molecule has 1 aliphatic heterocycles. The van der Waals surface area contributed by atoms with E-state index in [1.165, 1.54) is 42.7 Å². The molecule has 3 aromatic rings. The number of hydrogen-bond acceptors (Lipinski definition) is 9. The molecule has 0 fully saturated rings. The van der Waals surface area contributed by atoms with Gasteiger partial charge in [0.1, 0.15) is 0 Å². The first-order chi connectivity index (χ1) is 18.9. The first-order valence-corrected chi connectivity index (χ1v) is 11.9. The zero-order valence-electron chi connectivity index (χ0n) is 22.9.